The number of carbonyl (C=O) groups excluding carboxylic acids is 1. The summed E-state index contributed by atoms with van der Waals surface area (Å²) in [6, 6.07) is 8.26. The lowest BCUT2D eigenvalue weighted by Gasteiger charge is -2.10. The van der Waals surface area contributed by atoms with Gasteiger partial charge in [-0.3, -0.25) is 0 Å². The number of halogens is 3. The highest BCUT2D eigenvalue weighted by atomic mass is 19.2. The van der Waals surface area contributed by atoms with Gasteiger partial charge < -0.3 is 15.4 Å². The van der Waals surface area contributed by atoms with Crippen molar-refractivity contribution in [3.63, 3.8) is 0 Å². The number of ether oxygens (including phenoxy) is 1. The van der Waals surface area contributed by atoms with Gasteiger partial charge in [0, 0.05) is 0 Å². The van der Waals surface area contributed by atoms with Gasteiger partial charge in [0.1, 0.15) is 5.75 Å². The molecule has 0 unspecified atom stereocenters. The fourth-order valence-corrected chi connectivity index (χ4v) is 2.01. The molecule has 0 bridgehead atoms. The predicted molar refractivity (Wildman–Crippen MR) is 84.4 cm³/mol. The van der Waals surface area contributed by atoms with Crippen LogP contribution in [-0.4, -0.2) is 12.8 Å². The smallest absolute Gasteiger partial charge is 0.321 e. The molecule has 4 nitrogen and oxygen atoms in total. The second-order valence-electron chi connectivity index (χ2n) is 5.04. The molecule has 2 aromatic rings. The summed E-state index contributed by atoms with van der Waals surface area (Å²) in [4.78, 5) is 11.6. The third-order valence-corrected chi connectivity index (χ3v) is 3.22. The molecule has 2 N–H and O–H groups in total. The van der Waals surface area contributed by atoms with E-state index in [4.69, 9.17) is 4.74 Å². The van der Waals surface area contributed by atoms with E-state index in [2.05, 4.69) is 17.6 Å². The van der Waals surface area contributed by atoms with Crippen LogP contribution in [0.25, 0.3) is 0 Å². The number of hydrogen-bond acceptors (Lipinski definition) is 2. The second-order valence-corrected chi connectivity index (χ2v) is 5.04. The fourth-order valence-electron chi connectivity index (χ4n) is 2.01. The molecule has 0 aliphatic heterocycles. The van der Waals surface area contributed by atoms with Crippen LogP contribution in [0.3, 0.4) is 0 Å². The highest BCUT2D eigenvalue weighted by molar-refractivity contribution is 5.89. The monoisotopic (exact) mass is 338 g/mol. The molecule has 2 amide bonds. The maximum absolute atomic E-state index is 13.4. The molecular formula is C17H17F3N2O2. The van der Waals surface area contributed by atoms with E-state index in [-0.39, 0.29) is 6.73 Å². The van der Waals surface area contributed by atoms with Crippen LogP contribution < -0.4 is 15.4 Å². The molecule has 0 saturated heterocycles. The first-order valence-electron chi connectivity index (χ1n) is 7.41. The lowest BCUT2D eigenvalue weighted by atomic mass is 10.1. The van der Waals surface area contributed by atoms with Crippen molar-refractivity contribution in [1.29, 1.82) is 0 Å². The van der Waals surface area contributed by atoms with Crippen LogP contribution in [0.4, 0.5) is 23.7 Å². The number of amides is 2. The van der Waals surface area contributed by atoms with Gasteiger partial charge in [0.25, 0.3) is 0 Å². The summed E-state index contributed by atoms with van der Waals surface area (Å²) in [7, 11) is 0. The highest BCUT2D eigenvalue weighted by Gasteiger charge is 2.14. The molecule has 7 heteroatoms. The lowest BCUT2D eigenvalue weighted by molar-refractivity contribution is 0.234. The summed E-state index contributed by atoms with van der Waals surface area (Å²) in [5.41, 5.74) is 0.722. The van der Waals surface area contributed by atoms with E-state index in [1.54, 1.807) is 12.1 Å². The van der Waals surface area contributed by atoms with Crippen molar-refractivity contribution in [3.05, 3.63) is 59.4 Å². The van der Waals surface area contributed by atoms with Crippen molar-refractivity contribution in [3.8, 4) is 5.75 Å². The minimum absolute atomic E-state index is 0.162. The number of aryl methyl sites for hydroxylation is 1. The number of nitrogens with one attached hydrogen (secondary N) is 2. The second kappa shape index (κ2) is 8.24. The molecule has 0 heterocycles. The van der Waals surface area contributed by atoms with E-state index < -0.39 is 29.2 Å². The number of urea groups is 1. The molecule has 0 aliphatic carbocycles. The van der Waals surface area contributed by atoms with Gasteiger partial charge in [-0.15, -0.1) is 0 Å². The van der Waals surface area contributed by atoms with Crippen LogP contribution in [0.15, 0.2) is 36.4 Å². The largest absolute Gasteiger partial charge is 0.473 e. The van der Waals surface area contributed by atoms with Crippen molar-refractivity contribution >= 4 is 11.7 Å². The van der Waals surface area contributed by atoms with Crippen molar-refractivity contribution in [2.24, 2.45) is 0 Å². The van der Waals surface area contributed by atoms with Crippen LogP contribution in [-0.2, 0) is 6.42 Å². The molecule has 2 aromatic carbocycles. The zero-order chi connectivity index (χ0) is 17.5. The minimum Gasteiger partial charge on any atom is -0.473 e. The predicted octanol–water partition coefficient (Wildman–Crippen LogP) is 4.21. The average molecular weight is 338 g/mol. The number of benzene rings is 2. The molecule has 0 spiro atoms. The van der Waals surface area contributed by atoms with Gasteiger partial charge in [-0.1, -0.05) is 25.5 Å². The van der Waals surface area contributed by atoms with Crippen molar-refractivity contribution in [1.82, 2.24) is 5.32 Å². The summed E-state index contributed by atoms with van der Waals surface area (Å²) in [5, 5.41) is 4.40. The van der Waals surface area contributed by atoms with Gasteiger partial charge in [0.05, 0.1) is 5.69 Å². The summed E-state index contributed by atoms with van der Waals surface area (Å²) >= 11 is 0. The van der Waals surface area contributed by atoms with Crippen LogP contribution in [0.1, 0.15) is 18.9 Å². The summed E-state index contributed by atoms with van der Waals surface area (Å²) in [6.45, 7) is 1.92. The van der Waals surface area contributed by atoms with Gasteiger partial charge in [-0.25, -0.2) is 18.0 Å². The number of hydrogen-bond donors (Lipinski definition) is 2. The topological polar surface area (TPSA) is 50.4 Å². The fraction of sp³-hybridized carbons (Fsp3) is 0.235. The van der Waals surface area contributed by atoms with E-state index in [1.807, 2.05) is 12.1 Å². The summed E-state index contributed by atoms with van der Waals surface area (Å²) in [5.74, 6) is -3.86. The Hall–Kier alpha value is -2.70. The first-order valence-corrected chi connectivity index (χ1v) is 7.41. The molecule has 0 aromatic heterocycles. The first-order chi connectivity index (χ1) is 11.5. The van der Waals surface area contributed by atoms with Gasteiger partial charge in [-0.2, -0.15) is 0 Å². The normalized spacial score (nSPS) is 10.3. The van der Waals surface area contributed by atoms with E-state index in [1.165, 1.54) is 5.56 Å². The van der Waals surface area contributed by atoms with E-state index in [0.29, 0.717) is 5.75 Å². The molecule has 0 saturated carbocycles. The van der Waals surface area contributed by atoms with Crippen molar-refractivity contribution in [2.75, 3.05) is 12.0 Å². The molecule has 0 fully saturated rings. The molecule has 0 aliphatic rings. The minimum atomic E-state index is -1.64. The number of carbonyl (C=O) groups is 1. The third kappa shape index (κ3) is 4.65. The molecule has 24 heavy (non-hydrogen) atoms. The van der Waals surface area contributed by atoms with Crippen LogP contribution in [0.5, 0.6) is 5.75 Å². The van der Waals surface area contributed by atoms with Crippen LogP contribution >= 0.6 is 0 Å². The third-order valence-electron chi connectivity index (χ3n) is 3.22. The quantitative estimate of drug-likeness (QED) is 0.612. The first kappa shape index (κ1) is 17.7. The van der Waals surface area contributed by atoms with Crippen LogP contribution in [0.2, 0.25) is 0 Å². The number of anilines is 1. The Morgan fingerprint density at radius 2 is 1.75 bits per heavy atom. The van der Waals surface area contributed by atoms with E-state index in [0.717, 1.165) is 25.0 Å². The zero-order valence-electron chi connectivity index (χ0n) is 13.0. The van der Waals surface area contributed by atoms with Crippen molar-refractivity contribution < 1.29 is 22.7 Å². The molecule has 2 rings (SSSR count). The van der Waals surface area contributed by atoms with Gasteiger partial charge in [0.2, 0.25) is 0 Å². The Kier molecular flexibility index (Phi) is 6.06. The molecule has 0 radical (unpaired) electrons. The zero-order valence-corrected chi connectivity index (χ0v) is 13.0. The van der Waals surface area contributed by atoms with Crippen LogP contribution in [0, 0.1) is 17.5 Å². The summed E-state index contributed by atoms with van der Waals surface area (Å²) in [6.07, 6.45) is 2.02. The molecule has 0 atom stereocenters. The Labute approximate surface area is 137 Å². The Morgan fingerprint density at radius 3 is 2.42 bits per heavy atom. The van der Waals surface area contributed by atoms with Gasteiger partial charge in [-0.05, 0) is 36.2 Å². The lowest BCUT2D eigenvalue weighted by Crippen LogP contribution is -2.32. The Morgan fingerprint density at radius 1 is 1.04 bits per heavy atom. The maximum atomic E-state index is 13.4. The molecular weight excluding hydrogens is 321 g/mol. The van der Waals surface area contributed by atoms with Crippen molar-refractivity contribution in [2.45, 2.75) is 19.8 Å². The molecule has 128 valence electrons. The Bertz CT molecular complexity index is 706. The highest BCUT2D eigenvalue weighted by Crippen LogP contribution is 2.19. The number of rotatable bonds is 6. The average Bonchev–Trinajstić information content (AvgIpc) is 2.57. The van der Waals surface area contributed by atoms with E-state index >= 15 is 0 Å². The van der Waals surface area contributed by atoms with Gasteiger partial charge in [0.15, 0.2) is 24.2 Å². The Balaban J connectivity index is 1.82. The van der Waals surface area contributed by atoms with E-state index in [9.17, 15) is 18.0 Å². The standard InChI is InChI=1S/C17H17F3N2O2/c1-2-3-11-4-6-12(7-5-11)24-10-21-17(23)22-14-9-8-13(18)15(19)16(14)20/h4-9H,2-3,10H2,1H3,(H2,21,22,23). The maximum Gasteiger partial charge on any atom is 0.321 e. The van der Waals surface area contributed by atoms with Gasteiger partial charge >= 0.3 is 6.03 Å². The SMILES string of the molecule is CCCc1ccc(OCNC(=O)Nc2ccc(F)c(F)c2F)cc1. The summed E-state index contributed by atoms with van der Waals surface area (Å²) < 4.78 is 44.6.